The van der Waals surface area contributed by atoms with Crippen LogP contribution in [0.3, 0.4) is 0 Å². The van der Waals surface area contributed by atoms with E-state index in [-0.39, 0.29) is 11.3 Å². The second-order valence-corrected chi connectivity index (χ2v) is 6.67. The standard InChI is InChI=1S/C19H12F3N3S.C2H6/c20-13-9-15(22)14(21)7-11(13)10-26-12-4-5-16-18(8-12)25-19(24-16)17-3-1-2-6-23-17;1-2/h1-9H,10H2,(H,24,25);1-2H3. The molecule has 2 aromatic carbocycles. The van der Waals surface area contributed by atoms with Crippen molar-refractivity contribution in [2.45, 2.75) is 24.5 Å². The Bertz CT molecular complexity index is 1080. The smallest absolute Gasteiger partial charge is 0.161 e. The molecule has 144 valence electrons. The molecule has 0 saturated heterocycles. The number of nitrogens with one attached hydrogen (secondary N) is 1. The Morgan fingerprint density at radius 3 is 2.46 bits per heavy atom. The minimum absolute atomic E-state index is 0.118. The van der Waals surface area contributed by atoms with Crippen LogP contribution in [0.2, 0.25) is 0 Å². The van der Waals surface area contributed by atoms with Crippen LogP contribution in [-0.2, 0) is 5.75 Å². The van der Waals surface area contributed by atoms with E-state index in [2.05, 4.69) is 15.0 Å². The third-order valence-electron chi connectivity index (χ3n) is 3.84. The molecule has 4 rings (SSSR count). The Hall–Kier alpha value is -2.80. The second-order valence-electron chi connectivity index (χ2n) is 5.63. The van der Waals surface area contributed by atoms with Crippen LogP contribution in [0, 0.1) is 17.5 Å². The number of benzene rings is 2. The monoisotopic (exact) mass is 401 g/mol. The third kappa shape index (κ3) is 4.36. The fourth-order valence-electron chi connectivity index (χ4n) is 2.54. The number of thioether (sulfide) groups is 1. The van der Waals surface area contributed by atoms with Crippen molar-refractivity contribution >= 4 is 22.8 Å². The molecule has 0 bridgehead atoms. The van der Waals surface area contributed by atoms with Crippen LogP contribution >= 0.6 is 11.8 Å². The topological polar surface area (TPSA) is 41.6 Å². The van der Waals surface area contributed by atoms with E-state index in [0.717, 1.165) is 27.7 Å². The van der Waals surface area contributed by atoms with Crippen molar-refractivity contribution in [3.8, 4) is 11.5 Å². The summed E-state index contributed by atoms with van der Waals surface area (Å²) in [6.07, 6.45) is 1.69. The molecular weight excluding hydrogens is 383 g/mol. The summed E-state index contributed by atoms with van der Waals surface area (Å²) in [4.78, 5) is 12.8. The van der Waals surface area contributed by atoms with Crippen molar-refractivity contribution in [2.75, 3.05) is 0 Å². The van der Waals surface area contributed by atoms with Gasteiger partial charge < -0.3 is 4.98 Å². The summed E-state index contributed by atoms with van der Waals surface area (Å²) in [5, 5.41) is 0. The predicted molar refractivity (Wildman–Crippen MR) is 107 cm³/mol. The van der Waals surface area contributed by atoms with E-state index in [1.165, 1.54) is 11.8 Å². The van der Waals surface area contributed by atoms with Crippen molar-refractivity contribution in [1.29, 1.82) is 0 Å². The fourth-order valence-corrected chi connectivity index (χ4v) is 3.45. The zero-order chi connectivity index (χ0) is 20.1. The molecule has 0 saturated carbocycles. The number of hydrogen-bond acceptors (Lipinski definition) is 3. The van der Waals surface area contributed by atoms with Crippen LogP contribution in [0.15, 0.2) is 59.6 Å². The molecule has 0 spiro atoms. The lowest BCUT2D eigenvalue weighted by Crippen LogP contribution is -1.93. The second kappa shape index (κ2) is 8.93. The fraction of sp³-hybridized carbons (Fsp3) is 0.143. The van der Waals surface area contributed by atoms with Gasteiger partial charge in [-0.3, -0.25) is 4.98 Å². The predicted octanol–water partition coefficient (Wildman–Crippen LogP) is 6.36. The number of rotatable bonds is 4. The van der Waals surface area contributed by atoms with Crippen molar-refractivity contribution in [3.05, 3.63) is 77.7 Å². The first-order valence-corrected chi connectivity index (χ1v) is 9.76. The number of aromatic nitrogens is 3. The van der Waals surface area contributed by atoms with Gasteiger partial charge >= 0.3 is 0 Å². The lowest BCUT2D eigenvalue weighted by molar-refractivity contribution is 0.492. The Morgan fingerprint density at radius 2 is 1.71 bits per heavy atom. The molecule has 28 heavy (non-hydrogen) atoms. The number of hydrogen-bond donors (Lipinski definition) is 1. The molecule has 2 heterocycles. The summed E-state index contributed by atoms with van der Waals surface area (Å²) in [5.74, 6) is -2.13. The van der Waals surface area contributed by atoms with Crippen LogP contribution in [0.5, 0.6) is 0 Å². The van der Waals surface area contributed by atoms with E-state index in [9.17, 15) is 13.2 Å². The van der Waals surface area contributed by atoms with E-state index in [0.29, 0.717) is 11.9 Å². The molecule has 0 atom stereocenters. The third-order valence-corrected chi connectivity index (χ3v) is 4.89. The molecule has 0 radical (unpaired) electrons. The molecular formula is C21H18F3N3S. The first kappa shape index (κ1) is 19.9. The quantitative estimate of drug-likeness (QED) is 0.319. The lowest BCUT2D eigenvalue weighted by Gasteiger charge is -2.04. The number of H-pyrrole nitrogens is 1. The van der Waals surface area contributed by atoms with Gasteiger partial charge in [-0.1, -0.05) is 19.9 Å². The summed E-state index contributed by atoms with van der Waals surface area (Å²) >= 11 is 1.33. The summed E-state index contributed by atoms with van der Waals surface area (Å²) < 4.78 is 40.0. The highest BCUT2D eigenvalue weighted by atomic mass is 32.2. The Labute approximate surface area is 165 Å². The molecule has 3 nitrogen and oxygen atoms in total. The molecule has 0 aliphatic rings. The maximum atomic E-state index is 13.7. The average molecular weight is 401 g/mol. The Kier molecular flexibility index (Phi) is 6.36. The highest BCUT2D eigenvalue weighted by Gasteiger charge is 2.11. The minimum Gasteiger partial charge on any atom is -0.337 e. The summed E-state index contributed by atoms with van der Waals surface area (Å²) in [7, 11) is 0. The van der Waals surface area contributed by atoms with Gasteiger partial charge in [-0.2, -0.15) is 0 Å². The van der Waals surface area contributed by atoms with Gasteiger partial charge in [0.1, 0.15) is 11.5 Å². The lowest BCUT2D eigenvalue weighted by atomic mass is 10.2. The van der Waals surface area contributed by atoms with Crippen molar-refractivity contribution in [2.24, 2.45) is 0 Å². The van der Waals surface area contributed by atoms with E-state index in [1.807, 2.05) is 50.2 Å². The summed E-state index contributed by atoms with van der Waals surface area (Å²) in [6.45, 7) is 4.00. The van der Waals surface area contributed by atoms with Gasteiger partial charge in [-0.05, 0) is 36.4 Å². The largest absolute Gasteiger partial charge is 0.337 e. The first-order chi connectivity index (χ1) is 13.6. The van der Waals surface area contributed by atoms with E-state index < -0.39 is 17.5 Å². The summed E-state index contributed by atoms with van der Waals surface area (Å²) in [6, 6.07) is 12.6. The van der Waals surface area contributed by atoms with Crippen LogP contribution < -0.4 is 0 Å². The number of aromatic amines is 1. The van der Waals surface area contributed by atoms with Crippen LogP contribution in [-0.4, -0.2) is 15.0 Å². The van der Waals surface area contributed by atoms with Gasteiger partial charge in [0.25, 0.3) is 0 Å². The maximum Gasteiger partial charge on any atom is 0.161 e. The maximum absolute atomic E-state index is 13.7. The van der Waals surface area contributed by atoms with Crippen LogP contribution in [0.4, 0.5) is 13.2 Å². The van der Waals surface area contributed by atoms with Gasteiger partial charge in [0, 0.05) is 28.5 Å². The van der Waals surface area contributed by atoms with E-state index in [1.54, 1.807) is 6.20 Å². The van der Waals surface area contributed by atoms with Gasteiger partial charge in [0.15, 0.2) is 17.5 Å². The summed E-state index contributed by atoms with van der Waals surface area (Å²) in [5.41, 5.74) is 2.46. The highest BCUT2D eigenvalue weighted by Crippen LogP contribution is 2.28. The van der Waals surface area contributed by atoms with E-state index in [4.69, 9.17) is 0 Å². The van der Waals surface area contributed by atoms with Crippen molar-refractivity contribution in [1.82, 2.24) is 15.0 Å². The van der Waals surface area contributed by atoms with Crippen LogP contribution in [0.25, 0.3) is 22.6 Å². The minimum atomic E-state index is -1.18. The number of nitrogens with zero attached hydrogens (tertiary/aromatic N) is 2. The average Bonchev–Trinajstić information content (AvgIpc) is 3.15. The molecule has 0 aliphatic carbocycles. The molecule has 0 amide bonds. The van der Waals surface area contributed by atoms with Crippen molar-refractivity contribution in [3.63, 3.8) is 0 Å². The van der Waals surface area contributed by atoms with Gasteiger partial charge in [-0.25, -0.2) is 18.2 Å². The molecule has 0 unspecified atom stereocenters. The number of halogens is 3. The Morgan fingerprint density at radius 1 is 0.929 bits per heavy atom. The Balaban J connectivity index is 0.00000109. The first-order valence-electron chi connectivity index (χ1n) is 8.77. The molecule has 1 N–H and O–H groups in total. The molecule has 0 aliphatic heterocycles. The number of imidazole rings is 1. The SMILES string of the molecule is CC.Fc1cc(F)c(CSc2ccc3nc(-c4ccccn4)[nH]c3c2)cc1F. The highest BCUT2D eigenvalue weighted by molar-refractivity contribution is 7.98. The van der Waals surface area contributed by atoms with Crippen LogP contribution in [0.1, 0.15) is 19.4 Å². The van der Waals surface area contributed by atoms with E-state index >= 15 is 0 Å². The molecule has 4 aromatic rings. The molecule has 2 aromatic heterocycles. The van der Waals surface area contributed by atoms with Gasteiger partial charge in [0.05, 0.1) is 11.0 Å². The zero-order valence-corrected chi connectivity index (χ0v) is 16.2. The van der Waals surface area contributed by atoms with Gasteiger partial charge in [-0.15, -0.1) is 11.8 Å². The van der Waals surface area contributed by atoms with Gasteiger partial charge in [0.2, 0.25) is 0 Å². The number of fused-ring (bicyclic) bond motifs is 1. The number of pyridine rings is 1. The molecule has 7 heteroatoms. The molecule has 0 fully saturated rings. The van der Waals surface area contributed by atoms with Crippen molar-refractivity contribution < 1.29 is 13.2 Å². The zero-order valence-electron chi connectivity index (χ0n) is 15.3. The normalized spacial score (nSPS) is 10.6.